The predicted octanol–water partition coefficient (Wildman–Crippen LogP) is 4.39. The molecule has 0 radical (unpaired) electrons. The molecule has 0 unspecified atom stereocenters. The molecule has 3 rings (SSSR count). The molecule has 1 aliphatic rings. The molecule has 1 aliphatic carbocycles. The van der Waals surface area contributed by atoms with Crippen LogP contribution < -0.4 is 0 Å². The van der Waals surface area contributed by atoms with Gasteiger partial charge in [0.2, 0.25) is 0 Å². The van der Waals surface area contributed by atoms with Gasteiger partial charge in [0, 0.05) is 11.3 Å². The van der Waals surface area contributed by atoms with Crippen LogP contribution in [0.25, 0.3) is 0 Å². The highest BCUT2D eigenvalue weighted by Gasteiger charge is 2.12. The monoisotopic (exact) mass is 296 g/mol. The van der Waals surface area contributed by atoms with E-state index in [1.807, 2.05) is 6.07 Å². The van der Waals surface area contributed by atoms with Gasteiger partial charge >= 0.3 is 0 Å². The zero-order chi connectivity index (χ0) is 14.7. The Morgan fingerprint density at radius 3 is 2.81 bits per heavy atom. The van der Waals surface area contributed by atoms with Gasteiger partial charge in [0.15, 0.2) is 0 Å². The number of fused-ring (bicyclic) bond motifs is 1. The van der Waals surface area contributed by atoms with Gasteiger partial charge in [-0.1, -0.05) is 35.9 Å². The summed E-state index contributed by atoms with van der Waals surface area (Å²) < 4.78 is 0. The van der Waals surface area contributed by atoms with E-state index in [1.165, 1.54) is 46.4 Å². The summed E-state index contributed by atoms with van der Waals surface area (Å²) in [5, 5.41) is 0. The van der Waals surface area contributed by atoms with Gasteiger partial charge in [0.05, 0.1) is 5.75 Å². The van der Waals surface area contributed by atoms with Gasteiger partial charge in [-0.3, -0.25) is 4.79 Å². The Labute approximate surface area is 130 Å². The topological polar surface area (TPSA) is 17.1 Å². The molecular weight excluding hydrogens is 276 g/mol. The van der Waals surface area contributed by atoms with Crippen molar-refractivity contribution in [1.82, 2.24) is 0 Å². The lowest BCUT2D eigenvalue weighted by Gasteiger charge is -2.05. The molecule has 2 aromatic carbocycles. The smallest absolute Gasteiger partial charge is 0.147 e. The molecule has 0 amide bonds. The van der Waals surface area contributed by atoms with Gasteiger partial charge in [-0.2, -0.15) is 0 Å². The van der Waals surface area contributed by atoms with E-state index in [0.29, 0.717) is 18.0 Å². The van der Waals surface area contributed by atoms with Crippen LogP contribution in [0.4, 0.5) is 0 Å². The van der Waals surface area contributed by atoms with E-state index in [2.05, 4.69) is 43.3 Å². The van der Waals surface area contributed by atoms with Crippen molar-refractivity contribution in [3.05, 3.63) is 64.7 Å². The fourth-order valence-corrected chi connectivity index (χ4v) is 3.76. The second-order valence-electron chi connectivity index (χ2n) is 5.78. The highest BCUT2D eigenvalue weighted by molar-refractivity contribution is 8.00. The molecule has 0 aliphatic heterocycles. The summed E-state index contributed by atoms with van der Waals surface area (Å²) in [7, 11) is 0. The van der Waals surface area contributed by atoms with Crippen molar-refractivity contribution in [2.24, 2.45) is 0 Å². The van der Waals surface area contributed by atoms with Gasteiger partial charge < -0.3 is 0 Å². The molecule has 108 valence electrons. The Morgan fingerprint density at radius 1 is 1.10 bits per heavy atom. The molecule has 0 spiro atoms. The van der Waals surface area contributed by atoms with Crippen LogP contribution in [-0.4, -0.2) is 11.5 Å². The molecule has 2 heteroatoms. The van der Waals surface area contributed by atoms with E-state index in [9.17, 15) is 4.79 Å². The number of hydrogen-bond acceptors (Lipinski definition) is 2. The number of carbonyl (C=O) groups is 1. The summed E-state index contributed by atoms with van der Waals surface area (Å²) in [5.41, 5.74) is 5.34. The second-order valence-corrected chi connectivity index (χ2v) is 6.83. The first kappa shape index (κ1) is 14.4. The highest BCUT2D eigenvalue weighted by Crippen LogP contribution is 2.24. The van der Waals surface area contributed by atoms with Crippen LogP contribution >= 0.6 is 11.8 Å². The lowest BCUT2D eigenvalue weighted by molar-refractivity contribution is -0.116. The highest BCUT2D eigenvalue weighted by atomic mass is 32.2. The number of rotatable bonds is 5. The standard InChI is InChI=1S/C19H20OS/c1-14-4-2-7-19(10-14)21-13-18(20)12-15-8-9-16-5-3-6-17(16)11-15/h2,4,7-11H,3,5-6,12-13H2,1H3. The number of benzene rings is 2. The molecule has 0 heterocycles. The SMILES string of the molecule is Cc1cccc(SCC(=O)Cc2ccc3c(c2)CCC3)c1. The maximum atomic E-state index is 12.2. The average molecular weight is 296 g/mol. The number of hydrogen-bond donors (Lipinski definition) is 0. The molecule has 0 aromatic heterocycles. The van der Waals surface area contributed by atoms with Crippen molar-refractivity contribution in [3.8, 4) is 0 Å². The number of carbonyl (C=O) groups excluding carboxylic acids is 1. The van der Waals surface area contributed by atoms with Gasteiger partial charge in [-0.05, 0) is 55.0 Å². The van der Waals surface area contributed by atoms with Crippen molar-refractivity contribution < 1.29 is 4.79 Å². The van der Waals surface area contributed by atoms with Crippen LogP contribution in [0.3, 0.4) is 0 Å². The molecular formula is C19H20OS. The van der Waals surface area contributed by atoms with Gasteiger partial charge in [0.25, 0.3) is 0 Å². The van der Waals surface area contributed by atoms with Crippen LogP contribution in [-0.2, 0) is 24.1 Å². The van der Waals surface area contributed by atoms with E-state index in [-0.39, 0.29) is 0 Å². The second kappa shape index (κ2) is 6.48. The molecule has 0 fully saturated rings. The van der Waals surface area contributed by atoms with Crippen LogP contribution in [0, 0.1) is 6.92 Å². The van der Waals surface area contributed by atoms with Crippen LogP contribution in [0.5, 0.6) is 0 Å². The fourth-order valence-electron chi connectivity index (χ4n) is 2.88. The lowest BCUT2D eigenvalue weighted by atomic mass is 10.0. The third-order valence-corrected chi connectivity index (χ3v) is 5.01. The van der Waals surface area contributed by atoms with E-state index in [4.69, 9.17) is 0 Å². The number of thioether (sulfide) groups is 1. The van der Waals surface area contributed by atoms with E-state index < -0.39 is 0 Å². The Hall–Kier alpha value is -1.54. The summed E-state index contributed by atoms with van der Waals surface area (Å²) in [5.74, 6) is 0.861. The molecule has 0 saturated heterocycles. The Bertz CT molecular complexity index is 660. The molecule has 0 N–H and O–H groups in total. The molecule has 2 aromatic rings. The van der Waals surface area contributed by atoms with Gasteiger partial charge in [-0.25, -0.2) is 0 Å². The van der Waals surface area contributed by atoms with Crippen LogP contribution in [0.1, 0.15) is 28.7 Å². The summed E-state index contributed by atoms with van der Waals surface area (Å²) >= 11 is 1.64. The summed E-state index contributed by atoms with van der Waals surface area (Å²) in [6.07, 6.45) is 4.20. The number of ketones is 1. The van der Waals surface area contributed by atoms with E-state index >= 15 is 0 Å². The van der Waals surface area contributed by atoms with Crippen molar-refractivity contribution in [2.45, 2.75) is 37.5 Å². The largest absolute Gasteiger partial charge is 0.298 e. The third-order valence-electron chi connectivity index (χ3n) is 3.95. The lowest BCUT2D eigenvalue weighted by Crippen LogP contribution is -2.06. The first-order valence-electron chi connectivity index (χ1n) is 7.52. The minimum absolute atomic E-state index is 0.305. The maximum absolute atomic E-state index is 12.2. The zero-order valence-electron chi connectivity index (χ0n) is 12.4. The fraction of sp³-hybridized carbons (Fsp3) is 0.316. The normalized spacial score (nSPS) is 13.2. The summed E-state index contributed by atoms with van der Waals surface area (Å²) in [6.45, 7) is 2.08. The minimum atomic E-state index is 0.305. The Balaban J connectivity index is 1.57. The third kappa shape index (κ3) is 3.76. The Morgan fingerprint density at radius 2 is 1.95 bits per heavy atom. The summed E-state index contributed by atoms with van der Waals surface area (Å²) in [4.78, 5) is 13.3. The molecule has 1 nitrogen and oxygen atoms in total. The quantitative estimate of drug-likeness (QED) is 0.761. The number of aryl methyl sites for hydroxylation is 3. The number of Topliss-reactive ketones (excluding diaryl/α,β-unsaturated/α-hetero) is 1. The van der Waals surface area contributed by atoms with Crippen molar-refractivity contribution in [3.63, 3.8) is 0 Å². The first-order chi connectivity index (χ1) is 10.2. The van der Waals surface area contributed by atoms with Crippen LogP contribution in [0.15, 0.2) is 47.4 Å². The molecule has 0 saturated carbocycles. The van der Waals surface area contributed by atoms with E-state index in [0.717, 1.165) is 0 Å². The van der Waals surface area contributed by atoms with Crippen molar-refractivity contribution in [2.75, 3.05) is 5.75 Å². The predicted molar refractivity (Wildman–Crippen MR) is 89.1 cm³/mol. The van der Waals surface area contributed by atoms with Gasteiger partial charge in [-0.15, -0.1) is 11.8 Å². The molecule has 0 atom stereocenters. The molecule has 21 heavy (non-hydrogen) atoms. The van der Waals surface area contributed by atoms with Crippen molar-refractivity contribution in [1.29, 1.82) is 0 Å². The zero-order valence-corrected chi connectivity index (χ0v) is 13.2. The van der Waals surface area contributed by atoms with Crippen molar-refractivity contribution >= 4 is 17.5 Å². The Kier molecular flexibility index (Phi) is 4.45. The first-order valence-corrected chi connectivity index (χ1v) is 8.51. The molecule has 0 bridgehead atoms. The maximum Gasteiger partial charge on any atom is 0.147 e. The minimum Gasteiger partial charge on any atom is -0.298 e. The van der Waals surface area contributed by atoms with Gasteiger partial charge in [0.1, 0.15) is 5.78 Å². The summed E-state index contributed by atoms with van der Waals surface area (Å²) in [6, 6.07) is 14.9. The van der Waals surface area contributed by atoms with E-state index in [1.54, 1.807) is 11.8 Å². The average Bonchev–Trinajstić information content (AvgIpc) is 2.93. The van der Waals surface area contributed by atoms with Crippen LogP contribution in [0.2, 0.25) is 0 Å².